The van der Waals surface area contributed by atoms with E-state index >= 15 is 0 Å². The Morgan fingerprint density at radius 1 is 0.778 bits per heavy atom. The van der Waals surface area contributed by atoms with Crippen molar-refractivity contribution in [3.05, 3.63) is 0 Å². The summed E-state index contributed by atoms with van der Waals surface area (Å²) in [7, 11) is 0. The van der Waals surface area contributed by atoms with Crippen molar-refractivity contribution >= 4 is 0 Å². The van der Waals surface area contributed by atoms with Gasteiger partial charge < -0.3 is 5.32 Å². The fourth-order valence-electron chi connectivity index (χ4n) is 3.23. The molecule has 1 heteroatoms. The topological polar surface area (TPSA) is 12.0 Å². The van der Waals surface area contributed by atoms with Crippen LogP contribution in [0.4, 0.5) is 0 Å². The molecule has 0 aromatic heterocycles. The van der Waals surface area contributed by atoms with Crippen LogP contribution in [0.15, 0.2) is 0 Å². The maximum atomic E-state index is 3.46. The minimum Gasteiger partial charge on any atom is -0.317 e. The van der Waals surface area contributed by atoms with Crippen LogP contribution in [0.1, 0.15) is 90.4 Å². The zero-order valence-corrected chi connectivity index (χ0v) is 12.7. The number of hydrogen-bond acceptors (Lipinski definition) is 1. The number of rotatable bonds is 5. The van der Waals surface area contributed by atoms with Crippen molar-refractivity contribution in [1.29, 1.82) is 0 Å². The lowest BCUT2D eigenvalue weighted by Crippen LogP contribution is -2.15. The third-order valence-electron chi connectivity index (χ3n) is 4.44. The first-order valence-electron chi connectivity index (χ1n) is 8.64. The molecule has 0 aliphatic heterocycles. The lowest BCUT2D eigenvalue weighted by molar-refractivity contribution is 0.364. The second-order valence-corrected chi connectivity index (χ2v) is 6.12. The van der Waals surface area contributed by atoms with Gasteiger partial charge in [0.25, 0.3) is 0 Å². The summed E-state index contributed by atoms with van der Waals surface area (Å²) in [4.78, 5) is 0. The van der Waals surface area contributed by atoms with E-state index < -0.39 is 0 Å². The van der Waals surface area contributed by atoms with Crippen molar-refractivity contribution < 1.29 is 0 Å². The van der Waals surface area contributed by atoms with Crippen LogP contribution in [0.25, 0.3) is 0 Å². The normalized spacial score (nSPS) is 21.2. The summed E-state index contributed by atoms with van der Waals surface area (Å²) in [5.74, 6) is 1.03. The second-order valence-electron chi connectivity index (χ2n) is 6.12. The zero-order valence-electron chi connectivity index (χ0n) is 12.7. The monoisotopic (exact) mass is 253 g/mol. The quantitative estimate of drug-likeness (QED) is 0.656. The van der Waals surface area contributed by atoms with Gasteiger partial charge in [0.05, 0.1) is 0 Å². The Kier molecular flexibility index (Phi) is 10.7. The van der Waals surface area contributed by atoms with Gasteiger partial charge >= 0.3 is 0 Å². The second kappa shape index (κ2) is 12.0. The fraction of sp³-hybridized carbons (Fsp3) is 1.00. The highest BCUT2D eigenvalue weighted by Crippen LogP contribution is 2.24. The minimum atomic E-state index is 1.03. The van der Waals surface area contributed by atoms with E-state index in [0.717, 1.165) is 12.5 Å². The van der Waals surface area contributed by atoms with Crippen LogP contribution in [0.3, 0.4) is 0 Å². The van der Waals surface area contributed by atoms with Gasteiger partial charge in [-0.05, 0) is 31.8 Å². The van der Waals surface area contributed by atoms with Crippen molar-refractivity contribution in [2.75, 3.05) is 13.1 Å². The molecule has 0 amide bonds. The van der Waals surface area contributed by atoms with E-state index in [9.17, 15) is 0 Å². The maximum absolute atomic E-state index is 3.46. The first-order valence-corrected chi connectivity index (χ1v) is 8.64. The Balaban J connectivity index is 2.14. The largest absolute Gasteiger partial charge is 0.317 e. The molecule has 1 aliphatic rings. The Hall–Kier alpha value is -0.0400. The third-order valence-corrected chi connectivity index (χ3v) is 4.44. The lowest BCUT2D eigenvalue weighted by Gasteiger charge is -2.17. The molecule has 1 saturated carbocycles. The highest BCUT2D eigenvalue weighted by molar-refractivity contribution is 4.63. The smallest absolute Gasteiger partial charge is 0.00489 e. The molecule has 0 radical (unpaired) electrons. The molecule has 0 spiro atoms. The van der Waals surface area contributed by atoms with Crippen LogP contribution in [0.5, 0.6) is 0 Å². The summed E-state index contributed by atoms with van der Waals surface area (Å²) >= 11 is 0. The van der Waals surface area contributed by atoms with Gasteiger partial charge in [0, 0.05) is 0 Å². The van der Waals surface area contributed by atoms with Crippen LogP contribution in [0, 0.1) is 5.92 Å². The molecule has 1 nitrogen and oxygen atoms in total. The predicted molar refractivity (Wildman–Crippen MR) is 82.1 cm³/mol. The molecule has 18 heavy (non-hydrogen) atoms. The summed E-state index contributed by atoms with van der Waals surface area (Å²) in [6.07, 6.45) is 19.3. The Bertz CT molecular complexity index is 152. The minimum absolute atomic E-state index is 1.03. The maximum Gasteiger partial charge on any atom is -0.00489 e. The van der Waals surface area contributed by atoms with Gasteiger partial charge in [-0.2, -0.15) is 0 Å². The average Bonchev–Trinajstić information content (AvgIpc) is 2.37. The molecule has 0 saturated heterocycles. The zero-order chi connectivity index (χ0) is 12.9. The highest BCUT2D eigenvalue weighted by Gasteiger charge is 2.09. The molecule has 0 heterocycles. The lowest BCUT2D eigenvalue weighted by atomic mass is 9.89. The van der Waals surface area contributed by atoms with Crippen molar-refractivity contribution in [3.63, 3.8) is 0 Å². The van der Waals surface area contributed by atoms with Gasteiger partial charge in [0.15, 0.2) is 0 Å². The van der Waals surface area contributed by atoms with Crippen LogP contribution in [-0.4, -0.2) is 13.1 Å². The van der Waals surface area contributed by atoms with Crippen LogP contribution < -0.4 is 5.32 Å². The predicted octanol–water partition coefficient (Wildman–Crippen LogP) is 5.30. The molecule has 1 fully saturated rings. The fourth-order valence-corrected chi connectivity index (χ4v) is 3.23. The van der Waals surface area contributed by atoms with Gasteiger partial charge in [-0.3, -0.25) is 0 Å². The summed E-state index contributed by atoms with van der Waals surface area (Å²) in [6, 6.07) is 0. The van der Waals surface area contributed by atoms with E-state index in [1.165, 1.54) is 90.0 Å². The highest BCUT2D eigenvalue weighted by atomic mass is 14.8. The number of hydrogen-bond donors (Lipinski definition) is 1. The Morgan fingerprint density at radius 2 is 1.28 bits per heavy atom. The van der Waals surface area contributed by atoms with E-state index in [2.05, 4.69) is 12.2 Å². The van der Waals surface area contributed by atoms with Crippen molar-refractivity contribution in [2.45, 2.75) is 90.4 Å². The van der Waals surface area contributed by atoms with Crippen LogP contribution in [0.2, 0.25) is 0 Å². The molecule has 0 unspecified atom stereocenters. The van der Waals surface area contributed by atoms with Gasteiger partial charge in [-0.25, -0.2) is 0 Å². The summed E-state index contributed by atoms with van der Waals surface area (Å²) < 4.78 is 0. The number of nitrogens with one attached hydrogen (secondary N) is 1. The first-order chi connectivity index (χ1) is 8.93. The molecule has 0 atom stereocenters. The van der Waals surface area contributed by atoms with E-state index in [1.54, 1.807) is 0 Å². The molecular formula is C17H35N. The molecule has 1 N–H and O–H groups in total. The summed E-state index contributed by atoms with van der Waals surface area (Å²) in [5.41, 5.74) is 0. The van der Waals surface area contributed by atoms with Crippen molar-refractivity contribution in [3.8, 4) is 0 Å². The van der Waals surface area contributed by atoms with Gasteiger partial charge in [-0.15, -0.1) is 0 Å². The van der Waals surface area contributed by atoms with E-state index in [-0.39, 0.29) is 0 Å². The average molecular weight is 253 g/mol. The van der Waals surface area contributed by atoms with Gasteiger partial charge in [0.1, 0.15) is 0 Å². The van der Waals surface area contributed by atoms with Gasteiger partial charge in [0.2, 0.25) is 0 Å². The molecular weight excluding hydrogens is 218 g/mol. The van der Waals surface area contributed by atoms with Crippen LogP contribution >= 0.6 is 0 Å². The Morgan fingerprint density at radius 3 is 1.78 bits per heavy atom. The van der Waals surface area contributed by atoms with Crippen molar-refractivity contribution in [1.82, 2.24) is 5.32 Å². The molecule has 108 valence electrons. The first kappa shape index (κ1) is 16.0. The molecule has 0 aromatic rings. The van der Waals surface area contributed by atoms with E-state index in [0.29, 0.717) is 0 Å². The van der Waals surface area contributed by atoms with E-state index in [4.69, 9.17) is 0 Å². The SMILES string of the molecule is CCNCCCC1CCCCCCCCCCC1. The van der Waals surface area contributed by atoms with Gasteiger partial charge in [-0.1, -0.05) is 77.6 Å². The molecule has 1 rings (SSSR count). The molecule has 0 aromatic carbocycles. The van der Waals surface area contributed by atoms with E-state index in [1.807, 2.05) is 0 Å². The summed E-state index contributed by atoms with van der Waals surface area (Å²) in [5, 5.41) is 3.46. The standard InChI is InChI=1S/C17H35N/c1-2-18-16-12-15-17-13-10-8-6-4-3-5-7-9-11-14-17/h17-18H,2-16H2,1H3. The molecule has 0 bridgehead atoms. The van der Waals surface area contributed by atoms with Crippen molar-refractivity contribution in [2.24, 2.45) is 5.92 Å². The summed E-state index contributed by atoms with van der Waals surface area (Å²) in [6.45, 7) is 4.56. The third kappa shape index (κ3) is 8.97. The molecule has 1 aliphatic carbocycles. The van der Waals surface area contributed by atoms with Crippen LogP contribution in [-0.2, 0) is 0 Å². The Labute approximate surface area is 115 Å².